The molecule has 0 radical (unpaired) electrons. The Morgan fingerprint density at radius 2 is 1.47 bits per heavy atom. The van der Waals surface area contributed by atoms with Crippen molar-refractivity contribution in [1.29, 1.82) is 5.26 Å². The van der Waals surface area contributed by atoms with E-state index in [0.717, 1.165) is 93.9 Å². The number of rotatable bonds is 9. The molecule has 1 unspecified atom stereocenters. The van der Waals surface area contributed by atoms with Crippen LogP contribution in [0.2, 0.25) is 0 Å². The number of piperazine rings is 1. The Hall–Kier alpha value is -5.84. The highest BCUT2D eigenvalue weighted by molar-refractivity contribution is 6.23. The summed E-state index contributed by atoms with van der Waals surface area (Å²) >= 11 is 0. The zero-order chi connectivity index (χ0) is 42.2. The van der Waals surface area contributed by atoms with Gasteiger partial charge < -0.3 is 15.1 Å². The molecule has 1 aromatic heterocycles. The van der Waals surface area contributed by atoms with E-state index in [2.05, 4.69) is 40.2 Å². The van der Waals surface area contributed by atoms with Gasteiger partial charge in [-0.2, -0.15) is 23.5 Å². The normalized spacial score (nSPS) is 22.6. The molecule has 6 aliphatic rings. The van der Waals surface area contributed by atoms with E-state index in [-0.39, 0.29) is 24.1 Å². The number of anilines is 3. The highest BCUT2D eigenvalue weighted by Crippen LogP contribution is 2.36. The molecule has 16 nitrogen and oxygen atoms in total. The number of carbonyl (C=O) groups is 5. The highest BCUT2D eigenvalue weighted by atomic mass is 19.4. The summed E-state index contributed by atoms with van der Waals surface area (Å²) in [6.07, 6.45) is -1.04. The molecular formula is C41H44F3N11O5. The van der Waals surface area contributed by atoms with Crippen molar-refractivity contribution in [3.8, 4) is 6.07 Å². The fourth-order valence-corrected chi connectivity index (χ4v) is 9.06. The van der Waals surface area contributed by atoms with Gasteiger partial charge in [-0.15, -0.1) is 0 Å². The number of alkyl halides is 3. The molecule has 2 N–H and O–H groups in total. The number of benzene rings is 2. The second-order valence-electron chi connectivity index (χ2n) is 17.0. The van der Waals surface area contributed by atoms with Crippen molar-refractivity contribution in [3.05, 3.63) is 71.0 Å². The van der Waals surface area contributed by atoms with Gasteiger partial charge in [0.2, 0.25) is 11.8 Å². The molecule has 5 amide bonds. The zero-order valence-electron chi connectivity index (χ0n) is 33.1. The third-order valence-electron chi connectivity index (χ3n) is 13.1. The second-order valence-corrected chi connectivity index (χ2v) is 17.0. The number of hydrogen-bond acceptors (Lipinski definition) is 12. The Balaban J connectivity index is 0.702. The van der Waals surface area contributed by atoms with Crippen molar-refractivity contribution in [2.24, 2.45) is 0 Å². The monoisotopic (exact) mass is 827 g/mol. The number of piperidine rings is 1. The van der Waals surface area contributed by atoms with E-state index in [4.69, 9.17) is 5.26 Å². The van der Waals surface area contributed by atoms with Crippen LogP contribution in [0.4, 0.5) is 30.2 Å². The minimum Gasteiger partial charge on any atom is -0.368 e. The average Bonchev–Trinajstić information content (AvgIpc) is 3.76. The number of nitriles is 1. The van der Waals surface area contributed by atoms with Crippen molar-refractivity contribution in [1.82, 2.24) is 34.7 Å². The average molecular weight is 828 g/mol. The lowest BCUT2D eigenvalue weighted by atomic mass is 9.94. The van der Waals surface area contributed by atoms with E-state index in [9.17, 15) is 37.1 Å². The summed E-state index contributed by atoms with van der Waals surface area (Å²) in [5.41, 5.74) is -0.593. The Bertz CT molecular complexity index is 2320. The van der Waals surface area contributed by atoms with Crippen molar-refractivity contribution >= 4 is 46.6 Å². The Morgan fingerprint density at radius 3 is 2.12 bits per heavy atom. The highest BCUT2D eigenvalue weighted by Gasteiger charge is 2.47. The fourth-order valence-electron chi connectivity index (χ4n) is 9.06. The van der Waals surface area contributed by atoms with Crippen LogP contribution in [0, 0.1) is 11.3 Å². The van der Waals surface area contributed by atoms with Crippen LogP contribution in [0.25, 0.3) is 0 Å². The van der Waals surface area contributed by atoms with Crippen LogP contribution in [0.15, 0.2) is 48.8 Å². The third-order valence-corrected chi connectivity index (χ3v) is 13.1. The van der Waals surface area contributed by atoms with Gasteiger partial charge in [-0.05, 0) is 56.7 Å². The number of nitrogens with one attached hydrogen (secondary N) is 2. The summed E-state index contributed by atoms with van der Waals surface area (Å²) in [6.45, 7) is 12.4. The molecule has 19 heteroatoms. The molecule has 5 fully saturated rings. The first kappa shape index (κ1) is 39.6. The van der Waals surface area contributed by atoms with Crippen LogP contribution < -0.4 is 20.4 Å². The first-order chi connectivity index (χ1) is 28.6. The fraction of sp³-hybridized carbons (Fsp3) is 0.488. The number of amides is 5. The minimum atomic E-state index is -4.74. The standard InChI is InChI=1S/C41H44F3N11O5/c1-40(2,39(60)47-25-4-3-24(15-45)33(13-25)41(42,43)44)54-23-27(16-46-54)49-9-11-50(12-10-49)28-17-52(18-28)30-21-53(22-30)29-19-51(20-29)26-5-6-31-32(14-26)38(59)55(37(31)58)34-7-8-35(56)48-36(34)57/h3-6,13-14,16,23,28-30,34H,7-12,17-22H2,1-2H3,(H,47,60)(H,48,56,57). The molecular weight excluding hydrogens is 784 g/mol. The number of aromatic nitrogens is 2. The Morgan fingerprint density at radius 1 is 0.817 bits per heavy atom. The van der Waals surface area contributed by atoms with E-state index in [1.54, 1.807) is 44.4 Å². The Labute approximate surface area is 343 Å². The van der Waals surface area contributed by atoms with Gasteiger partial charge in [-0.3, -0.25) is 53.6 Å². The summed E-state index contributed by atoms with van der Waals surface area (Å²) < 4.78 is 41.9. The minimum absolute atomic E-state index is 0.0604. The van der Waals surface area contributed by atoms with Gasteiger partial charge in [0.25, 0.3) is 17.7 Å². The molecule has 7 heterocycles. The maximum absolute atomic E-state index is 13.5. The van der Waals surface area contributed by atoms with Crippen LogP contribution in [0.3, 0.4) is 0 Å². The summed E-state index contributed by atoms with van der Waals surface area (Å²) in [5.74, 6) is -2.57. The number of fused-ring (bicyclic) bond motifs is 1. The smallest absolute Gasteiger partial charge is 0.368 e. The maximum atomic E-state index is 13.5. The number of halogens is 3. The molecule has 0 spiro atoms. The van der Waals surface area contributed by atoms with Crippen molar-refractivity contribution in [2.75, 3.05) is 80.6 Å². The molecule has 6 aliphatic heterocycles. The van der Waals surface area contributed by atoms with Crippen molar-refractivity contribution in [3.63, 3.8) is 0 Å². The molecule has 9 rings (SSSR count). The first-order valence-corrected chi connectivity index (χ1v) is 20.1. The molecule has 0 aliphatic carbocycles. The lowest BCUT2D eigenvalue weighted by molar-refractivity contribution is -0.138. The molecule has 2 aromatic carbocycles. The van der Waals surface area contributed by atoms with Crippen LogP contribution in [-0.2, 0) is 26.1 Å². The number of imide groups is 2. The van der Waals surface area contributed by atoms with Crippen LogP contribution >= 0.6 is 0 Å². The lowest BCUT2D eigenvalue weighted by Gasteiger charge is -2.58. The molecule has 3 aromatic rings. The van der Waals surface area contributed by atoms with Gasteiger partial charge in [0, 0.05) is 108 Å². The van der Waals surface area contributed by atoms with E-state index >= 15 is 0 Å². The van der Waals surface area contributed by atoms with Crippen molar-refractivity contribution in [2.45, 2.75) is 62.6 Å². The van der Waals surface area contributed by atoms with Gasteiger partial charge in [-0.25, -0.2) is 0 Å². The van der Waals surface area contributed by atoms with Gasteiger partial charge in [0.1, 0.15) is 11.6 Å². The van der Waals surface area contributed by atoms with E-state index in [1.165, 1.54) is 10.7 Å². The molecule has 0 bridgehead atoms. The topological polar surface area (TPSA) is 170 Å². The summed E-state index contributed by atoms with van der Waals surface area (Å²) in [7, 11) is 0. The quantitative estimate of drug-likeness (QED) is 0.301. The van der Waals surface area contributed by atoms with Crippen LogP contribution in [0.5, 0.6) is 0 Å². The zero-order valence-corrected chi connectivity index (χ0v) is 33.1. The largest absolute Gasteiger partial charge is 0.417 e. The SMILES string of the molecule is CC(C)(C(=O)Nc1ccc(C#N)c(C(F)(F)F)c1)n1cc(N2CCN(C3CN(C4CN(C5CN(c6ccc7c(c6)C(=O)N(C6CCC(=O)NC6=O)C7=O)C5)C4)C3)CC2)cn1. The number of carbonyl (C=O) groups excluding carboxylic acids is 5. The number of nitrogens with zero attached hydrogens (tertiary/aromatic N) is 9. The second kappa shape index (κ2) is 14.7. The summed E-state index contributed by atoms with van der Waals surface area (Å²) in [5, 5.41) is 18.3. The van der Waals surface area contributed by atoms with E-state index < -0.39 is 58.4 Å². The van der Waals surface area contributed by atoms with Gasteiger partial charge >= 0.3 is 6.18 Å². The van der Waals surface area contributed by atoms with Gasteiger partial charge in [-0.1, -0.05) is 0 Å². The number of hydrogen-bond donors (Lipinski definition) is 2. The van der Waals surface area contributed by atoms with Crippen LogP contribution in [-0.4, -0.2) is 149 Å². The molecule has 0 saturated carbocycles. The molecule has 60 heavy (non-hydrogen) atoms. The maximum Gasteiger partial charge on any atom is 0.417 e. The van der Waals surface area contributed by atoms with E-state index in [1.807, 2.05) is 6.07 Å². The first-order valence-electron chi connectivity index (χ1n) is 20.1. The van der Waals surface area contributed by atoms with Gasteiger partial charge in [0.05, 0.1) is 40.2 Å². The summed E-state index contributed by atoms with van der Waals surface area (Å²) in [6, 6.07) is 10.3. The van der Waals surface area contributed by atoms with E-state index in [0.29, 0.717) is 23.7 Å². The Kier molecular flexibility index (Phi) is 9.71. The van der Waals surface area contributed by atoms with Crippen molar-refractivity contribution < 1.29 is 37.1 Å². The third kappa shape index (κ3) is 6.95. The summed E-state index contributed by atoms with van der Waals surface area (Å²) in [4.78, 5) is 76.6. The van der Waals surface area contributed by atoms with Gasteiger partial charge in [0.15, 0.2) is 0 Å². The molecule has 5 saturated heterocycles. The lowest BCUT2D eigenvalue weighted by Crippen LogP contribution is -2.74. The predicted molar refractivity (Wildman–Crippen MR) is 210 cm³/mol. The molecule has 314 valence electrons. The van der Waals surface area contributed by atoms with Crippen LogP contribution in [0.1, 0.15) is 58.5 Å². The molecule has 1 atom stereocenters. The predicted octanol–water partition coefficient (Wildman–Crippen LogP) is 1.93. The number of likely N-dealkylation sites (tertiary alicyclic amines) is 2.